The Labute approximate surface area is 71.8 Å². The number of aliphatic carboxylic acids is 1. The number of carbonyl (C=O) groups is 1. The van der Waals surface area contributed by atoms with Crippen LogP contribution in [0.3, 0.4) is 0 Å². The zero-order valence-corrected chi connectivity index (χ0v) is 6.86. The molecule has 0 saturated heterocycles. The van der Waals surface area contributed by atoms with Crippen LogP contribution in [0.25, 0.3) is 0 Å². The molecule has 0 amide bonds. The second-order valence-corrected chi connectivity index (χ2v) is 2.73. The number of carboxylic acid groups (broad SMARTS) is 1. The lowest BCUT2D eigenvalue weighted by Crippen LogP contribution is -1.95. The van der Waals surface area contributed by atoms with E-state index < -0.39 is 5.97 Å². The highest BCUT2D eigenvalue weighted by Gasteiger charge is 1.96. The molecule has 1 aromatic rings. The summed E-state index contributed by atoms with van der Waals surface area (Å²) in [5.41, 5.74) is 1.21. The summed E-state index contributed by atoms with van der Waals surface area (Å²) in [5.74, 6) is -0.717. The maximum absolute atomic E-state index is 10.2. The number of aryl methyl sites for hydroxylation is 1. The molecule has 0 heterocycles. The van der Waals surface area contributed by atoms with Crippen LogP contribution in [0.2, 0.25) is 0 Å². The van der Waals surface area contributed by atoms with E-state index in [1.165, 1.54) is 5.56 Å². The highest BCUT2D eigenvalue weighted by Crippen LogP contribution is 2.03. The fourth-order valence-electron chi connectivity index (χ4n) is 1.09. The molecule has 0 aliphatic carbocycles. The first-order valence-corrected chi connectivity index (χ1v) is 4.05. The summed E-state index contributed by atoms with van der Waals surface area (Å²) in [6, 6.07) is 9.93. The van der Waals surface area contributed by atoms with E-state index >= 15 is 0 Å². The van der Waals surface area contributed by atoms with Crippen LogP contribution >= 0.6 is 0 Å². The van der Waals surface area contributed by atoms with E-state index in [1.807, 2.05) is 30.3 Å². The van der Waals surface area contributed by atoms with Gasteiger partial charge < -0.3 is 5.11 Å². The minimum Gasteiger partial charge on any atom is -0.481 e. The topological polar surface area (TPSA) is 37.3 Å². The molecule has 1 aromatic carbocycles. The number of rotatable bonds is 4. The maximum atomic E-state index is 10.2. The fourth-order valence-corrected chi connectivity index (χ4v) is 1.09. The van der Waals surface area contributed by atoms with Crippen LogP contribution in [-0.4, -0.2) is 11.1 Å². The normalized spacial score (nSPS) is 9.67. The molecule has 0 spiro atoms. The van der Waals surface area contributed by atoms with E-state index in [9.17, 15) is 4.79 Å². The summed E-state index contributed by atoms with van der Waals surface area (Å²) in [5, 5.41) is 8.39. The number of benzene rings is 1. The van der Waals surface area contributed by atoms with Crippen molar-refractivity contribution in [1.82, 2.24) is 0 Å². The Bertz CT molecular complexity index is 241. The molecule has 0 aliphatic heterocycles. The second kappa shape index (κ2) is 4.54. The minimum absolute atomic E-state index is 0.259. The molecular formula is C10H12O2. The van der Waals surface area contributed by atoms with Gasteiger partial charge in [0.05, 0.1) is 0 Å². The third-order valence-corrected chi connectivity index (χ3v) is 1.70. The van der Waals surface area contributed by atoms with Crippen molar-refractivity contribution in [2.75, 3.05) is 0 Å². The van der Waals surface area contributed by atoms with E-state index in [2.05, 4.69) is 0 Å². The van der Waals surface area contributed by atoms with Gasteiger partial charge in [0.1, 0.15) is 0 Å². The number of hydrogen-bond donors (Lipinski definition) is 1. The number of hydrogen-bond acceptors (Lipinski definition) is 1. The molecule has 1 rings (SSSR count). The Kier molecular flexibility index (Phi) is 3.33. The monoisotopic (exact) mass is 165 g/mol. The molecule has 0 aromatic heterocycles. The molecule has 64 valence electrons. The highest BCUT2D eigenvalue weighted by atomic mass is 16.4. The molecule has 12 heavy (non-hydrogen) atoms. The van der Waals surface area contributed by atoms with Gasteiger partial charge in [0.15, 0.2) is 0 Å². The lowest BCUT2D eigenvalue weighted by Gasteiger charge is -1.97. The Morgan fingerprint density at radius 3 is 2.50 bits per heavy atom. The Balaban J connectivity index is 2.29. The Hall–Kier alpha value is -1.31. The third-order valence-electron chi connectivity index (χ3n) is 1.70. The van der Waals surface area contributed by atoms with Gasteiger partial charge in [-0.15, -0.1) is 0 Å². The van der Waals surface area contributed by atoms with Crippen molar-refractivity contribution >= 4 is 5.97 Å². The Morgan fingerprint density at radius 1 is 1.25 bits per heavy atom. The van der Waals surface area contributed by atoms with E-state index in [0.29, 0.717) is 0 Å². The first-order valence-electron chi connectivity index (χ1n) is 4.05. The number of carboxylic acids is 1. The highest BCUT2D eigenvalue weighted by molar-refractivity contribution is 5.66. The second-order valence-electron chi connectivity index (χ2n) is 2.73. The van der Waals surface area contributed by atoms with Crippen LogP contribution in [0.5, 0.6) is 0 Å². The van der Waals surface area contributed by atoms with Gasteiger partial charge in [-0.3, -0.25) is 4.79 Å². The molecule has 2 nitrogen and oxygen atoms in total. The molecule has 0 fully saturated rings. The van der Waals surface area contributed by atoms with Crippen molar-refractivity contribution in [1.29, 1.82) is 0 Å². The summed E-state index contributed by atoms with van der Waals surface area (Å²) < 4.78 is 0. The Morgan fingerprint density at radius 2 is 1.92 bits per heavy atom. The van der Waals surface area contributed by atoms with Crippen LogP contribution in [0.4, 0.5) is 0 Å². The van der Waals surface area contributed by atoms with E-state index in [0.717, 1.165) is 12.8 Å². The molecular weight excluding hydrogens is 153 g/mol. The molecule has 0 saturated carbocycles. The van der Waals surface area contributed by atoms with Crippen LogP contribution in [0.15, 0.2) is 30.3 Å². The van der Waals surface area contributed by atoms with Crippen LogP contribution in [-0.2, 0) is 11.2 Å². The average Bonchev–Trinajstić information content (AvgIpc) is 2.05. The summed E-state index contributed by atoms with van der Waals surface area (Å²) in [6.07, 6.45) is 1.83. The van der Waals surface area contributed by atoms with Crippen molar-refractivity contribution < 1.29 is 9.90 Å². The van der Waals surface area contributed by atoms with Gasteiger partial charge in [0.2, 0.25) is 0 Å². The first kappa shape index (κ1) is 8.78. The molecule has 0 unspecified atom stereocenters. The van der Waals surface area contributed by atoms with Gasteiger partial charge >= 0.3 is 5.97 Å². The summed E-state index contributed by atoms with van der Waals surface area (Å²) in [6.45, 7) is 0. The van der Waals surface area contributed by atoms with Gasteiger partial charge in [-0.2, -0.15) is 0 Å². The van der Waals surface area contributed by atoms with E-state index in [4.69, 9.17) is 5.11 Å². The van der Waals surface area contributed by atoms with Crippen molar-refractivity contribution in [2.45, 2.75) is 19.3 Å². The maximum Gasteiger partial charge on any atom is 0.303 e. The quantitative estimate of drug-likeness (QED) is 0.741. The van der Waals surface area contributed by atoms with E-state index in [1.54, 1.807) is 0 Å². The van der Waals surface area contributed by atoms with Crippen LogP contribution in [0, 0.1) is 0 Å². The van der Waals surface area contributed by atoms with Gasteiger partial charge in [0.25, 0.3) is 0 Å². The summed E-state index contributed by atoms with van der Waals surface area (Å²) >= 11 is 0. The minimum atomic E-state index is -0.717. The van der Waals surface area contributed by atoms with Crippen molar-refractivity contribution in [3.05, 3.63) is 35.9 Å². The first-order chi connectivity index (χ1) is 5.79. The summed E-state index contributed by atoms with van der Waals surface area (Å²) in [4.78, 5) is 10.2. The van der Waals surface area contributed by atoms with Crippen LogP contribution in [0.1, 0.15) is 18.4 Å². The van der Waals surface area contributed by atoms with E-state index in [-0.39, 0.29) is 6.42 Å². The smallest absolute Gasteiger partial charge is 0.303 e. The standard InChI is InChI=1S/C10H12O2/c11-10(12)8-4-7-9-5-2-1-3-6-9/h1-3,5-6H,4,7-8H2,(H,11,12)/i9+1. The van der Waals surface area contributed by atoms with Gasteiger partial charge in [-0.25, -0.2) is 0 Å². The SMILES string of the molecule is O=C(O)CCC[13c]1ccccc1. The molecule has 0 atom stereocenters. The lowest BCUT2D eigenvalue weighted by atomic mass is 10.2. The van der Waals surface area contributed by atoms with Crippen LogP contribution < -0.4 is 0 Å². The van der Waals surface area contributed by atoms with Gasteiger partial charge in [-0.1, -0.05) is 30.3 Å². The molecule has 0 radical (unpaired) electrons. The predicted octanol–water partition coefficient (Wildman–Crippen LogP) is 2.09. The lowest BCUT2D eigenvalue weighted by molar-refractivity contribution is -0.137. The van der Waals surface area contributed by atoms with Gasteiger partial charge in [-0.05, 0) is 18.4 Å². The molecule has 2 heteroatoms. The van der Waals surface area contributed by atoms with Gasteiger partial charge in [0, 0.05) is 6.42 Å². The van der Waals surface area contributed by atoms with Crippen molar-refractivity contribution in [2.24, 2.45) is 0 Å². The molecule has 0 bridgehead atoms. The van der Waals surface area contributed by atoms with Crippen molar-refractivity contribution in [3.63, 3.8) is 0 Å². The zero-order chi connectivity index (χ0) is 8.81. The fraction of sp³-hybridized carbons (Fsp3) is 0.300. The zero-order valence-electron chi connectivity index (χ0n) is 6.86. The average molecular weight is 165 g/mol. The summed E-state index contributed by atoms with van der Waals surface area (Å²) in [7, 11) is 0. The third kappa shape index (κ3) is 3.19. The predicted molar refractivity (Wildman–Crippen MR) is 47.0 cm³/mol. The molecule has 1 N–H and O–H groups in total. The van der Waals surface area contributed by atoms with Crippen molar-refractivity contribution in [3.8, 4) is 0 Å². The largest absolute Gasteiger partial charge is 0.481 e. The molecule has 0 aliphatic rings.